The van der Waals surface area contributed by atoms with Gasteiger partial charge in [0.1, 0.15) is 6.33 Å². The summed E-state index contributed by atoms with van der Waals surface area (Å²) in [6.45, 7) is 1.82. The number of hydrogen-bond acceptors (Lipinski definition) is 6. The largest absolute Gasteiger partial charge is 0.271 e. The highest BCUT2D eigenvalue weighted by Crippen LogP contribution is 2.07. The van der Waals surface area contributed by atoms with E-state index in [4.69, 9.17) is 0 Å². The summed E-state index contributed by atoms with van der Waals surface area (Å²) in [7, 11) is 0. The molecular weight excluding hydrogens is 294 g/mol. The molecule has 0 atom stereocenters. The minimum atomic E-state index is -0.290. The van der Waals surface area contributed by atoms with E-state index in [1.807, 2.05) is 19.1 Å². The molecule has 0 spiro atoms. The molecule has 2 aromatic heterocycles. The van der Waals surface area contributed by atoms with Gasteiger partial charge in [-0.15, -0.1) is 5.10 Å². The lowest BCUT2D eigenvalue weighted by molar-refractivity contribution is 0.0955. The third kappa shape index (κ3) is 3.43. The van der Waals surface area contributed by atoms with Gasteiger partial charge in [0.25, 0.3) is 5.91 Å². The van der Waals surface area contributed by atoms with Crippen LogP contribution in [-0.4, -0.2) is 36.8 Å². The number of nitrogens with one attached hydrogen (secondary N) is 1. The number of carbonyl (C=O) groups excluding carboxylic acids is 1. The number of hydrogen-bond donors (Lipinski definition) is 1. The summed E-state index contributed by atoms with van der Waals surface area (Å²) in [6.07, 6.45) is 4.83. The van der Waals surface area contributed by atoms with E-state index in [0.29, 0.717) is 11.3 Å². The Morgan fingerprint density at radius 3 is 2.48 bits per heavy atom. The molecule has 1 amide bonds. The van der Waals surface area contributed by atoms with Crippen LogP contribution in [0, 0.1) is 0 Å². The van der Waals surface area contributed by atoms with Gasteiger partial charge in [-0.3, -0.25) is 9.78 Å². The summed E-state index contributed by atoms with van der Waals surface area (Å²) in [5.41, 5.74) is 5.39. The standard InChI is InChI=1S/C15H13N7O/c1-11(12-6-8-16-9-7-12)18-19-15(23)13-2-4-14(5-3-13)22-10-17-20-21-22/h2-10H,1H3,(H,19,23)/b18-11-. The highest BCUT2D eigenvalue weighted by molar-refractivity contribution is 6.00. The summed E-state index contributed by atoms with van der Waals surface area (Å²) in [5, 5.41) is 15.0. The first kappa shape index (κ1) is 14.5. The molecule has 0 radical (unpaired) electrons. The molecule has 23 heavy (non-hydrogen) atoms. The number of amides is 1. The van der Waals surface area contributed by atoms with E-state index in [9.17, 15) is 4.79 Å². The number of rotatable bonds is 4. The molecule has 114 valence electrons. The van der Waals surface area contributed by atoms with Gasteiger partial charge in [-0.05, 0) is 53.7 Å². The number of nitrogens with zero attached hydrogens (tertiary/aromatic N) is 6. The number of aromatic nitrogens is 5. The molecule has 0 aliphatic rings. The van der Waals surface area contributed by atoms with Crippen LogP contribution in [0.3, 0.4) is 0 Å². The van der Waals surface area contributed by atoms with Crippen molar-refractivity contribution < 1.29 is 4.79 Å². The average Bonchev–Trinajstić information content (AvgIpc) is 3.15. The summed E-state index contributed by atoms with van der Waals surface area (Å²) in [6, 6.07) is 10.5. The van der Waals surface area contributed by atoms with Crippen LogP contribution in [-0.2, 0) is 0 Å². The second-order valence-corrected chi connectivity index (χ2v) is 4.68. The van der Waals surface area contributed by atoms with Crippen LogP contribution in [0.5, 0.6) is 0 Å². The first-order chi connectivity index (χ1) is 11.2. The van der Waals surface area contributed by atoms with E-state index in [2.05, 4.69) is 31.0 Å². The zero-order valence-electron chi connectivity index (χ0n) is 12.3. The second kappa shape index (κ2) is 6.56. The average molecular weight is 307 g/mol. The molecule has 0 unspecified atom stereocenters. The van der Waals surface area contributed by atoms with E-state index >= 15 is 0 Å². The van der Waals surface area contributed by atoms with Crippen LogP contribution in [0.15, 0.2) is 60.2 Å². The third-order valence-electron chi connectivity index (χ3n) is 3.17. The molecule has 0 saturated carbocycles. The van der Waals surface area contributed by atoms with Crippen molar-refractivity contribution in [2.75, 3.05) is 0 Å². The summed E-state index contributed by atoms with van der Waals surface area (Å²) >= 11 is 0. The SMILES string of the molecule is C/C(=N/NC(=O)c1ccc(-n2cnnn2)cc1)c1ccncc1. The lowest BCUT2D eigenvalue weighted by Gasteiger charge is -2.04. The molecule has 0 bridgehead atoms. The predicted molar refractivity (Wildman–Crippen MR) is 83.1 cm³/mol. The maximum Gasteiger partial charge on any atom is 0.271 e. The van der Waals surface area contributed by atoms with Crippen molar-refractivity contribution in [1.82, 2.24) is 30.6 Å². The predicted octanol–water partition coefficient (Wildman–Crippen LogP) is 1.21. The van der Waals surface area contributed by atoms with Crippen LogP contribution >= 0.6 is 0 Å². The van der Waals surface area contributed by atoms with Gasteiger partial charge in [-0.1, -0.05) is 0 Å². The highest BCUT2D eigenvalue weighted by atomic mass is 16.2. The summed E-state index contributed by atoms with van der Waals surface area (Å²) in [5.74, 6) is -0.290. The molecule has 0 saturated heterocycles. The molecule has 0 aliphatic heterocycles. The Balaban J connectivity index is 1.69. The van der Waals surface area contributed by atoms with E-state index in [0.717, 1.165) is 11.3 Å². The van der Waals surface area contributed by atoms with Crippen LogP contribution < -0.4 is 5.43 Å². The zero-order chi connectivity index (χ0) is 16.1. The van der Waals surface area contributed by atoms with Crippen molar-refractivity contribution in [2.45, 2.75) is 6.92 Å². The van der Waals surface area contributed by atoms with Crippen molar-refractivity contribution in [3.63, 3.8) is 0 Å². The van der Waals surface area contributed by atoms with Gasteiger partial charge in [0, 0.05) is 23.5 Å². The fourth-order valence-corrected chi connectivity index (χ4v) is 1.90. The first-order valence-corrected chi connectivity index (χ1v) is 6.82. The fourth-order valence-electron chi connectivity index (χ4n) is 1.90. The summed E-state index contributed by atoms with van der Waals surface area (Å²) < 4.78 is 1.51. The number of benzene rings is 1. The lowest BCUT2D eigenvalue weighted by atomic mass is 10.2. The molecule has 0 fully saturated rings. The maximum absolute atomic E-state index is 12.1. The number of hydrazone groups is 1. The Morgan fingerprint density at radius 1 is 1.09 bits per heavy atom. The minimum absolute atomic E-state index is 0.290. The molecular formula is C15H13N7O. The Kier molecular flexibility index (Phi) is 4.14. The van der Waals surface area contributed by atoms with E-state index in [1.165, 1.54) is 11.0 Å². The van der Waals surface area contributed by atoms with Gasteiger partial charge >= 0.3 is 0 Å². The van der Waals surface area contributed by atoms with Gasteiger partial charge in [0.2, 0.25) is 0 Å². The number of pyridine rings is 1. The van der Waals surface area contributed by atoms with Crippen LogP contribution in [0.2, 0.25) is 0 Å². The van der Waals surface area contributed by atoms with Crippen LogP contribution in [0.1, 0.15) is 22.8 Å². The van der Waals surface area contributed by atoms with E-state index in [-0.39, 0.29) is 5.91 Å². The van der Waals surface area contributed by atoms with Gasteiger partial charge in [-0.2, -0.15) is 5.10 Å². The Bertz CT molecular complexity index is 811. The second-order valence-electron chi connectivity index (χ2n) is 4.68. The van der Waals surface area contributed by atoms with Gasteiger partial charge in [0.05, 0.1) is 11.4 Å². The molecule has 1 aromatic carbocycles. The van der Waals surface area contributed by atoms with Crippen LogP contribution in [0.25, 0.3) is 5.69 Å². The van der Waals surface area contributed by atoms with Crippen molar-refractivity contribution in [3.8, 4) is 5.69 Å². The molecule has 1 N–H and O–H groups in total. The van der Waals surface area contributed by atoms with Crippen molar-refractivity contribution in [3.05, 3.63) is 66.2 Å². The monoisotopic (exact) mass is 307 g/mol. The number of tetrazole rings is 1. The van der Waals surface area contributed by atoms with Crippen molar-refractivity contribution in [2.24, 2.45) is 5.10 Å². The van der Waals surface area contributed by atoms with Crippen molar-refractivity contribution >= 4 is 11.6 Å². The van der Waals surface area contributed by atoms with Gasteiger partial charge in [0.15, 0.2) is 0 Å². The zero-order valence-corrected chi connectivity index (χ0v) is 12.3. The molecule has 3 rings (SSSR count). The quantitative estimate of drug-likeness (QED) is 0.577. The normalized spacial score (nSPS) is 11.3. The van der Waals surface area contributed by atoms with E-state index < -0.39 is 0 Å². The van der Waals surface area contributed by atoms with Crippen molar-refractivity contribution in [1.29, 1.82) is 0 Å². The van der Waals surface area contributed by atoms with Crippen LogP contribution in [0.4, 0.5) is 0 Å². The molecule has 8 nitrogen and oxygen atoms in total. The molecule has 0 aliphatic carbocycles. The third-order valence-corrected chi connectivity index (χ3v) is 3.17. The Morgan fingerprint density at radius 2 is 1.83 bits per heavy atom. The molecule has 2 heterocycles. The van der Waals surface area contributed by atoms with Gasteiger partial charge < -0.3 is 0 Å². The number of carbonyl (C=O) groups is 1. The lowest BCUT2D eigenvalue weighted by Crippen LogP contribution is -2.19. The van der Waals surface area contributed by atoms with Gasteiger partial charge in [-0.25, -0.2) is 10.1 Å². The Labute approximate surface area is 131 Å². The topological polar surface area (TPSA) is 98.0 Å². The molecule has 8 heteroatoms. The maximum atomic E-state index is 12.1. The smallest absolute Gasteiger partial charge is 0.267 e. The highest BCUT2D eigenvalue weighted by Gasteiger charge is 2.06. The molecule has 3 aromatic rings. The fraction of sp³-hybridized carbons (Fsp3) is 0.0667. The minimum Gasteiger partial charge on any atom is -0.267 e. The van der Waals surface area contributed by atoms with E-state index in [1.54, 1.807) is 36.7 Å². The Hall–Kier alpha value is -3.42. The first-order valence-electron chi connectivity index (χ1n) is 6.82. The summed E-state index contributed by atoms with van der Waals surface area (Å²) in [4.78, 5) is 16.0.